The average molecular weight is 394 g/mol. The fraction of sp³-hybridized carbons (Fsp3) is 0.217. The van der Waals surface area contributed by atoms with Crippen LogP contribution in [0.2, 0.25) is 0 Å². The number of hydrogen-bond donors (Lipinski definition) is 1. The lowest BCUT2D eigenvalue weighted by Gasteiger charge is -2.16. The van der Waals surface area contributed by atoms with Crippen LogP contribution in [0.1, 0.15) is 41.4 Å². The van der Waals surface area contributed by atoms with Crippen molar-refractivity contribution in [3.05, 3.63) is 89.5 Å². The number of amides is 1. The van der Waals surface area contributed by atoms with Gasteiger partial charge < -0.3 is 14.8 Å². The second-order valence-corrected chi connectivity index (χ2v) is 6.49. The Labute approximate surface area is 169 Å². The van der Waals surface area contributed by atoms with E-state index in [1.165, 1.54) is 12.1 Å². The van der Waals surface area contributed by atoms with Crippen LogP contribution in [-0.2, 0) is 6.61 Å². The van der Waals surface area contributed by atoms with Crippen LogP contribution in [0.4, 0.5) is 4.39 Å². The highest BCUT2D eigenvalue weighted by Gasteiger charge is 2.15. The molecule has 0 fully saturated rings. The molecule has 150 valence electrons. The summed E-state index contributed by atoms with van der Waals surface area (Å²) >= 11 is 0. The predicted octanol–water partition coefficient (Wildman–Crippen LogP) is 4.69. The Kier molecular flexibility index (Phi) is 6.79. The molecule has 3 rings (SSSR count). The Hall–Kier alpha value is -3.41. The predicted molar refractivity (Wildman–Crippen MR) is 108 cm³/mol. The first-order valence-corrected chi connectivity index (χ1v) is 9.41. The van der Waals surface area contributed by atoms with Crippen molar-refractivity contribution >= 4 is 5.91 Å². The van der Waals surface area contributed by atoms with E-state index in [1.807, 2.05) is 26.0 Å². The molecule has 0 spiro atoms. The molecule has 6 heteroatoms. The van der Waals surface area contributed by atoms with Gasteiger partial charge in [-0.2, -0.15) is 0 Å². The van der Waals surface area contributed by atoms with Gasteiger partial charge in [0, 0.05) is 18.0 Å². The number of halogens is 1. The SMILES string of the molecule is CCOc1cc(C(=O)NC(C)c2ccc(F)cc2)ccc1OCc1ccncc1. The van der Waals surface area contributed by atoms with Gasteiger partial charge in [0.1, 0.15) is 12.4 Å². The first-order chi connectivity index (χ1) is 14.1. The molecule has 2 aromatic carbocycles. The lowest BCUT2D eigenvalue weighted by molar-refractivity contribution is 0.0939. The Morgan fingerprint density at radius 1 is 1.03 bits per heavy atom. The van der Waals surface area contributed by atoms with Crippen LogP contribution in [-0.4, -0.2) is 17.5 Å². The molecule has 1 aromatic heterocycles. The van der Waals surface area contributed by atoms with Crippen LogP contribution in [0.25, 0.3) is 0 Å². The van der Waals surface area contributed by atoms with Crippen LogP contribution in [0.15, 0.2) is 67.0 Å². The van der Waals surface area contributed by atoms with Gasteiger partial charge in [-0.25, -0.2) is 4.39 Å². The summed E-state index contributed by atoms with van der Waals surface area (Å²) < 4.78 is 24.6. The van der Waals surface area contributed by atoms with Crippen molar-refractivity contribution in [3.63, 3.8) is 0 Å². The number of pyridine rings is 1. The highest BCUT2D eigenvalue weighted by molar-refractivity contribution is 5.95. The van der Waals surface area contributed by atoms with Crippen molar-refractivity contribution in [3.8, 4) is 11.5 Å². The van der Waals surface area contributed by atoms with Gasteiger partial charge in [-0.15, -0.1) is 0 Å². The zero-order chi connectivity index (χ0) is 20.6. The van der Waals surface area contributed by atoms with Crippen LogP contribution in [0, 0.1) is 5.82 Å². The van der Waals surface area contributed by atoms with E-state index < -0.39 is 0 Å². The van der Waals surface area contributed by atoms with Gasteiger partial charge in [0.2, 0.25) is 0 Å². The van der Waals surface area contributed by atoms with Gasteiger partial charge in [0.15, 0.2) is 11.5 Å². The summed E-state index contributed by atoms with van der Waals surface area (Å²) in [6.07, 6.45) is 3.41. The smallest absolute Gasteiger partial charge is 0.251 e. The molecule has 0 aliphatic heterocycles. The van der Waals surface area contributed by atoms with Crippen LogP contribution in [0.5, 0.6) is 11.5 Å². The van der Waals surface area contributed by atoms with Crippen molar-refractivity contribution in [1.29, 1.82) is 0 Å². The summed E-state index contributed by atoms with van der Waals surface area (Å²) in [5.74, 6) is 0.509. The maximum atomic E-state index is 13.1. The molecule has 0 saturated heterocycles. The largest absolute Gasteiger partial charge is 0.490 e. The summed E-state index contributed by atoms with van der Waals surface area (Å²) in [5, 5.41) is 2.91. The van der Waals surface area contributed by atoms with Crippen LogP contribution >= 0.6 is 0 Å². The standard InChI is InChI=1S/C23H23FN2O3/c1-3-28-22-14-19(6-9-21(22)29-15-17-10-12-25-13-11-17)23(27)26-16(2)18-4-7-20(24)8-5-18/h4-14,16H,3,15H2,1-2H3,(H,26,27). The third kappa shape index (κ3) is 5.54. The lowest BCUT2D eigenvalue weighted by atomic mass is 10.1. The van der Waals surface area contributed by atoms with Crippen LogP contribution in [0.3, 0.4) is 0 Å². The molecule has 0 aliphatic carbocycles. The topological polar surface area (TPSA) is 60.5 Å². The van der Waals surface area contributed by atoms with Crippen molar-refractivity contribution in [1.82, 2.24) is 10.3 Å². The van der Waals surface area contributed by atoms with Crippen LogP contribution < -0.4 is 14.8 Å². The van der Waals surface area contributed by atoms with Gasteiger partial charge in [-0.05, 0) is 67.4 Å². The molecule has 0 saturated carbocycles. The molecule has 29 heavy (non-hydrogen) atoms. The molecule has 1 atom stereocenters. The molecule has 1 amide bonds. The molecule has 1 heterocycles. The maximum absolute atomic E-state index is 13.1. The summed E-state index contributed by atoms with van der Waals surface area (Å²) in [5.41, 5.74) is 2.26. The second-order valence-electron chi connectivity index (χ2n) is 6.49. The van der Waals surface area contributed by atoms with E-state index >= 15 is 0 Å². The molecular formula is C23H23FN2O3. The Morgan fingerprint density at radius 3 is 2.45 bits per heavy atom. The number of nitrogens with one attached hydrogen (secondary N) is 1. The Bertz CT molecular complexity index is 946. The minimum atomic E-state index is -0.309. The molecule has 0 radical (unpaired) electrons. The number of rotatable bonds is 8. The number of ether oxygens (including phenoxy) is 2. The zero-order valence-corrected chi connectivity index (χ0v) is 16.4. The van der Waals surface area contributed by atoms with Crippen molar-refractivity contribution in [2.75, 3.05) is 6.61 Å². The normalized spacial score (nSPS) is 11.6. The van der Waals surface area contributed by atoms with E-state index in [1.54, 1.807) is 42.7 Å². The average Bonchev–Trinajstić information content (AvgIpc) is 2.74. The van der Waals surface area contributed by atoms with E-state index in [2.05, 4.69) is 10.3 Å². The van der Waals surface area contributed by atoms with E-state index in [9.17, 15) is 9.18 Å². The Morgan fingerprint density at radius 2 is 1.76 bits per heavy atom. The number of carbonyl (C=O) groups is 1. The fourth-order valence-electron chi connectivity index (χ4n) is 2.79. The second kappa shape index (κ2) is 9.68. The number of carbonyl (C=O) groups excluding carboxylic acids is 1. The van der Waals surface area contributed by atoms with E-state index in [0.717, 1.165) is 11.1 Å². The molecular weight excluding hydrogens is 371 g/mol. The van der Waals surface area contributed by atoms with E-state index in [4.69, 9.17) is 9.47 Å². The number of benzene rings is 2. The van der Waals surface area contributed by atoms with Crippen molar-refractivity contribution < 1.29 is 18.7 Å². The molecule has 3 aromatic rings. The first kappa shape index (κ1) is 20.3. The molecule has 1 N–H and O–H groups in total. The van der Waals surface area contributed by atoms with Gasteiger partial charge in [0.25, 0.3) is 5.91 Å². The highest BCUT2D eigenvalue weighted by Crippen LogP contribution is 2.29. The third-order valence-corrected chi connectivity index (χ3v) is 4.37. The van der Waals surface area contributed by atoms with Gasteiger partial charge >= 0.3 is 0 Å². The lowest BCUT2D eigenvalue weighted by Crippen LogP contribution is -2.26. The van der Waals surface area contributed by atoms with E-state index in [-0.39, 0.29) is 17.8 Å². The first-order valence-electron chi connectivity index (χ1n) is 9.41. The minimum absolute atomic E-state index is 0.247. The van der Waals surface area contributed by atoms with Gasteiger partial charge in [-0.1, -0.05) is 12.1 Å². The molecule has 5 nitrogen and oxygen atoms in total. The summed E-state index contributed by atoms with van der Waals surface area (Å²) in [7, 11) is 0. The Balaban J connectivity index is 1.70. The summed E-state index contributed by atoms with van der Waals surface area (Å²) in [4.78, 5) is 16.6. The summed E-state index contributed by atoms with van der Waals surface area (Å²) in [6.45, 7) is 4.54. The quantitative estimate of drug-likeness (QED) is 0.602. The monoisotopic (exact) mass is 394 g/mol. The highest BCUT2D eigenvalue weighted by atomic mass is 19.1. The number of aromatic nitrogens is 1. The zero-order valence-electron chi connectivity index (χ0n) is 16.4. The maximum Gasteiger partial charge on any atom is 0.251 e. The molecule has 0 bridgehead atoms. The minimum Gasteiger partial charge on any atom is -0.490 e. The summed E-state index contributed by atoms with van der Waals surface area (Å²) in [6, 6.07) is 14.6. The van der Waals surface area contributed by atoms with Gasteiger partial charge in [-0.3, -0.25) is 9.78 Å². The molecule has 1 unspecified atom stereocenters. The van der Waals surface area contributed by atoms with Crippen molar-refractivity contribution in [2.24, 2.45) is 0 Å². The van der Waals surface area contributed by atoms with Crippen molar-refractivity contribution in [2.45, 2.75) is 26.5 Å². The van der Waals surface area contributed by atoms with E-state index in [0.29, 0.717) is 30.3 Å². The fourth-order valence-corrected chi connectivity index (χ4v) is 2.79. The third-order valence-electron chi connectivity index (χ3n) is 4.37. The number of hydrogen-bond acceptors (Lipinski definition) is 4. The van der Waals surface area contributed by atoms with Gasteiger partial charge in [0.05, 0.1) is 12.6 Å². The number of nitrogens with zero attached hydrogens (tertiary/aromatic N) is 1. The molecule has 0 aliphatic rings.